The van der Waals surface area contributed by atoms with Gasteiger partial charge in [-0.3, -0.25) is 0 Å². The Kier molecular flexibility index (Phi) is 7.24. The molecule has 0 spiro atoms. The minimum atomic E-state index is -0.899. The van der Waals surface area contributed by atoms with E-state index in [4.69, 9.17) is 4.74 Å². The van der Waals surface area contributed by atoms with Gasteiger partial charge >= 0.3 is 5.97 Å². The fourth-order valence-electron chi connectivity index (χ4n) is 0.823. The average molecular weight is 224 g/mol. The van der Waals surface area contributed by atoms with E-state index >= 15 is 0 Å². The molecule has 16 heavy (non-hydrogen) atoms. The lowest BCUT2D eigenvalue weighted by Crippen LogP contribution is -2.16. The maximum Gasteiger partial charge on any atom is 0.335 e. The first-order valence-electron chi connectivity index (χ1n) is 4.59. The number of nitrogens with zero attached hydrogens (tertiary/aromatic N) is 2. The van der Waals surface area contributed by atoms with Gasteiger partial charge < -0.3 is 4.74 Å². The largest absolute Gasteiger partial charge is 0.436 e. The lowest BCUT2D eigenvalue weighted by molar-refractivity contribution is -0.144. The summed E-state index contributed by atoms with van der Waals surface area (Å²) in [4.78, 5) is 37.6. The minimum absolute atomic E-state index is 0.219. The van der Waals surface area contributed by atoms with Crippen molar-refractivity contribution in [3.8, 4) is 0 Å². The Balaban J connectivity index is 4.17. The van der Waals surface area contributed by atoms with Crippen molar-refractivity contribution in [2.75, 3.05) is 6.54 Å². The molecule has 0 rings (SSSR count). The van der Waals surface area contributed by atoms with Crippen molar-refractivity contribution in [3.05, 3.63) is 12.2 Å². The monoisotopic (exact) mass is 224 g/mol. The second-order valence-electron chi connectivity index (χ2n) is 2.98. The highest BCUT2D eigenvalue weighted by Crippen LogP contribution is 2.06. The molecule has 0 fully saturated rings. The zero-order chi connectivity index (χ0) is 12.4. The number of esters is 1. The van der Waals surface area contributed by atoms with Crippen LogP contribution in [0.5, 0.6) is 0 Å². The molecule has 0 saturated carbocycles. The lowest BCUT2D eigenvalue weighted by atomic mass is 10.3. The summed E-state index contributed by atoms with van der Waals surface area (Å²) in [6, 6.07) is 0. The SMILES string of the molecule is C=C(C)C(=O)OC(CCCN=C=O)N=C=O. The second-order valence-corrected chi connectivity index (χ2v) is 2.98. The summed E-state index contributed by atoms with van der Waals surface area (Å²) in [7, 11) is 0. The van der Waals surface area contributed by atoms with Crippen LogP contribution in [-0.2, 0) is 19.1 Å². The minimum Gasteiger partial charge on any atom is -0.436 e. The van der Waals surface area contributed by atoms with Crippen molar-refractivity contribution in [2.45, 2.75) is 26.0 Å². The number of aliphatic imine (C=N–C) groups is 2. The first-order chi connectivity index (χ1) is 7.61. The molecule has 6 heteroatoms. The molecule has 0 aromatic carbocycles. The molecule has 1 atom stereocenters. The summed E-state index contributed by atoms with van der Waals surface area (Å²) in [5.41, 5.74) is 0.219. The molecule has 0 aromatic heterocycles. The highest BCUT2D eigenvalue weighted by molar-refractivity contribution is 5.87. The van der Waals surface area contributed by atoms with Gasteiger partial charge in [-0.25, -0.2) is 19.4 Å². The van der Waals surface area contributed by atoms with Gasteiger partial charge in [0.15, 0.2) is 0 Å². The molecule has 0 aliphatic heterocycles. The first kappa shape index (κ1) is 14.0. The maximum absolute atomic E-state index is 11.1. The van der Waals surface area contributed by atoms with Gasteiger partial charge in [-0.05, 0) is 13.3 Å². The van der Waals surface area contributed by atoms with Gasteiger partial charge in [0.05, 0.1) is 6.54 Å². The van der Waals surface area contributed by atoms with E-state index in [2.05, 4.69) is 16.6 Å². The number of hydrogen-bond acceptors (Lipinski definition) is 6. The van der Waals surface area contributed by atoms with Crippen LogP contribution in [0.4, 0.5) is 0 Å². The number of carbonyl (C=O) groups excluding carboxylic acids is 3. The van der Waals surface area contributed by atoms with E-state index in [0.29, 0.717) is 12.8 Å². The van der Waals surface area contributed by atoms with Gasteiger partial charge in [0, 0.05) is 12.0 Å². The topological polar surface area (TPSA) is 85.2 Å². The van der Waals surface area contributed by atoms with Gasteiger partial charge in [0.1, 0.15) is 0 Å². The van der Waals surface area contributed by atoms with Crippen LogP contribution in [0.2, 0.25) is 0 Å². The molecule has 86 valence electrons. The Morgan fingerprint density at radius 3 is 2.62 bits per heavy atom. The molecule has 0 heterocycles. The molecule has 6 nitrogen and oxygen atoms in total. The van der Waals surface area contributed by atoms with E-state index in [-0.39, 0.29) is 12.1 Å². The van der Waals surface area contributed by atoms with Crippen molar-refractivity contribution in [2.24, 2.45) is 9.98 Å². The zero-order valence-corrected chi connectivity index (χ0v) is 8.93. The second kappa shape index (κ2) is 8.29. The van der Waals surface area contributed by atoms with E-state index < -0.39 is 12.2 Å². The third-order valence-electron chi connectivity index (χ3n) is 1.57. The quantitative estimate of drug-likeness (QED) is 0.211. The highest BCUT2D eigenvalue weighted by Gasteiger charge is 2.13. The molecule has 0 aromatic rings. The summed E-state index contributed by atoms with van der Waals surface area (Å²) in [6.07, 6.45) is 2.54. The van der Waals surface area contributed by atoms with E-state index in [0.717, 1.165) is 0 Å². The third-order valence-corrected chi connectivity index (χ3v) is 1.57. The summed E-state index contributed by atoms with van der Waals surface area (Å²) < 4.78 is 4.82. The fourth-order valence-corrected chi connectivity index (χ4v) is 0.823. The van der Waals surface area contributed by atoms with Crippen molar-refractivity contribution in [3.63, 3.8) is 0 Å². The molecule has 0 N–H and O–H groups in total. The Hall–Kier alpha value is -2.03. The van der Waals surface area contributed by atoms with Crippen molar-refractivity contribution in [1.29, 1.82) is 0 Å². The molecule has 0 bridgehead atoms. The summed E-state index contributed by atoms with van der Waals surface area (Å²) in [5, 5.41) is 0. The van der Waals surface area contributed by atoms with E-state index in [9.17, 15) is 14.4 Å². The molecule has 0 aliphatic carbocycles. The molecule has 0 saturated heterocycles. The van der Waals surface area contributed by atoms with E-state index in [1.165, 1.54) is 19.1 Å². The zero-order valence-electron chi connectivity index (χ0n) is 8.93. The van der Waals surface area contributed by atoms with E-state index in [1.807, 2.05) is 0 Å². The fraction of sp³-hybridized carbons (Fsp3) is 0.500. The molecular weight excluding hydrogens is 212 g/mol. The van der Waals surface area contributed by atoms with Gasteiger partial charge in [-0.15, -0.1) is 0 Å². The van der Waals surface area contributed by atoms with Crippen LogP contribution in [0.1, 0.15) is 19.8 Å². The van der Waals surface area contributed by atoms with Crippen LogP contribution in [0.3, 0.4) is 0 Å². The van der Waals surface area contributed by atoms with Gasteiger partial charge in [0.2, 0.25) is 18.4 Å². The summed E-state index contributed by atoms with van der Waals surface area (Å²) >= 11 is 0. The van der Waals surface area contributed by atoms with Crippen LogP contribution >= 0.6 is 0 Å². The van der Waals surface area contributed by atoms with Crippen molar-refractivity contribution >= 4 is 18.1 Å². The normalized spacial score (nSPS) is 10.6. The maximum atomic E-state index is 11.1. The number of hydrogen-bond donors (Lipinski definition) is 0. The third kappa shape index (κ3) is 6.43. The van der Waals surface area contributed by atoms with Crippen LogP contribution in [0.25, 0.3) is 0 Å². The molecular formula is C10H12N2O4. The van der Waals surface area contributed by atoms with Crippen molar-refractivity contribution in [1.82, 2.24) is 0 Å². The number of carbonyl (C=O) groups is 1. The van der Waals surface area contributed by atoms with Gasteiger partial charge in [-0.1, -0.05) is 6.58 Å². The average Bonchev–Trinajstić information content (AvgIpc) is 2.24. The molecule has 1 unspecified atom stereocenters. The molecule has 0 amide bonds. The number of isocyanates is 2. The Morgan fingerprint density at radius 2 is 2.12 bits per heavy atom. The summed E-state index contributed by atoms with van der Waals surface area (Å²) in [5.74, 6) is -0.622. The van der Waals surface area contributed by atoms with Crippen LogP contribution in [-0.4, -0.2) is 30.9 Å². The predicted octanol–water partition coefficient (Wildman–Crippen LogP) is 0.884. The molecule has 0 aliphatic rings. The lowest BCUT2D eigenvalue weighted by Gasteiger charge is -2.10. The van der Waals surface area contributed by atoms with Gasteiger partial charge in [-0.2, -0.15) is 4.99 Å². The van der Waals surface area contributed by atoms with E-state index in [1.54, 1.807) is 0 Å². The van der Waals surface area contributed by atoms with Crippen LogP contribution in [0.15, 0.2) is 22.1 Å². The number of ether oxygens (including phenoxy) is 1. The standard InChI is InChI=1S/C10H12N2O4/c1-8(2)10(15)16-9(12-7-14)4-3-5-11-6-13/h9H,1,3-5H2,2H3. The van der Waals surface area contributed by atoms with Crippen LogP contribution < -0.4 is 0 Å². The Morgan fingerprint density at radius 1 is 1.44 bits per heavy atom. The Labute approximate surface area is 92.7 Å². The Bertz CT molecular complexity index is 352. The number of rotatable bonds is 7. The summed E-state index contributed by atoms with van der Waals surface area (Å²) in [6.45, 7) is 5.13. The first-order valence-corrected chi connectivity index (χ1v) is 4.59. The molecule has 0 radical (unpaired) electrons. The van der Waals surface area contributed by atoms with Gasteiger partial charge in [0.25, 0.3) is 0 Å². The predicted molar refractivity (Wildman–Crippen MR) is 55.0 cm³/mol. The highest BCUT2D eigenvalue weighted by atomic mass is 16.6. The smallest absolute Gasteiger partial charge is 0.335 e. The van der Waals surface area contributed by atoms with Crippen molar-refractivity contribution < 1.29 is 19.1 Å². The van der Waals surface area contributed by atoms with Crippen LogP contribution in [0, 0.1) is 0 Å².